The van der Waals surface area contributed by atoms with E-state index in [1.807, 2.05) is 0 Å². The lowest BCUT2D eigenvalue weighted by Crippen LogP contribution is -2.50. The van der Waals surface area contributed by atoms with Gasteiger partial charge in [-0.05, 0) is 51.4 Å². The van der Waals surface area contributed by atoms with E-state index in [0.29, 0.717) is 12.8 Å². The lowest BCUT2D eigenvalue weighted by Gasteiger charge is -2.26. The van der Waals surface area contributed by atoms with E-state index in [9.17, 15) is 20.1 Å². The highest BCUT2D eigenvalue weighted by Gasteiger charge is 2.26. The Kier molecular flexibility index (Phi) is 56.4. The van der Waals surface area contributed by atoms with Crippen LogP contribution in [0.15, 0.2) is 24.3 Å². The van der Waals surface area contributed by atoms with Crippen molar-refractivity contribution in [2.24, 2.45) is 0 Å². The number of hydrogen-bond donors (Lipinski definition) is 4. The van der Waals surface area contributed by atoms with E-state index in [-0.39, 0.29) is 12.5 Å². The standard InChI is InChI=1S/C62H121NO4/c1-3-5-7-9-11-13-15-17-19-21-23-25-26-27-28-29-30-31-32-33-34-35-36-37-39-41-43-45-47-49-51-53-55-57-61(66)63-59(58-64)62(67)60(65)56-54-52-50-48-46-44-42-40-38-24-22-20-18-16-14-12-10-8-6-4-2/h40,42,48,50,59-60,62,64-65,67H,3-39,41,43-47,49,51-58H2,1-2H3,(H,63,66)/b42-40+,50-48+. The van der Waals surface area contributed by atoms with Crippen LogP contribution in [0.4, 0.5) is 0 Å². The van der Waals surface area contributed by atoms with Gasteiger partial charge in [-0.15, -0.1) is 0 Å². The van der Waals surface area contributed by atoms with Crippen LogP contribution in [0.3, 0.4) is 0 Å². The average Bonchev–Trinajstić information content (AvgIpc) is 3.33. The molecule has 0 bridgehead atoms. The number of amides is 1. The summed E-state index contributed by atoms with van der Waals surface area (Å²) in [6.07, 6.45) is 73.7. The second-order valence-corrected chi connectivity index (χ2v) is 21.3. The summed E-state index contributed by atoms with van der Waals surface area (Å²) in [5.41, 5.74) is 0. The minimum absolute atomic E-state index is 0.151. The summed E-state index contributed by atoms with van der Waals surface area (Å²) in [6.45, 7) is 4.20. The fourth-order valence-corrected chi connectivity index (χ4v) is 9.83. The third-order valence-electron chi connectivity index (χ3n) is 14.5. The highest BCUT2D eigenvalue weighted by Crippen LogP contribution is 2.18. The molecule has 3 unspecified atom stereocenters. The van der Waals surface area contributed by atoms with E-state index in [1.165, 1.54) is 270 Å². The summed E-state index contributed by atoms with van der Waals surface area (Å²) in [7, 11) is 0. The number of nitrogens with one attached hydrogen (secondary N) is 1. The van der Waals surface area contributed by atoms with Gasteiger partial charge in [-0.2, -0.15) is 0 Å². The van der Waals surface area contributed by atoms with Crippen LogP contribution in [-0.4, -0.2) is 46.1 Å². The van der Waals surface area contributed by atoms with Gasteiger partial charge >= 0.3 is 0 Å². The average molecular weight is 945 g/mol. The molecule has 67 heavy (non-hydrogen) atoms. The van der Waals surface area contributed by atoms with E-state index >= 15 is 0 Å². The van der Waals surface area contributed by atoms with Gasteiger partial charge in [0, 0.05) is 6.42 Å². The Labute approximate surface area is 420 Å². The van der Waals surface area contributed by atoms with Gasteiger partial charge in [-0.3, -0.25) is 4.79 Å². The second kappa shape index (κ2) is 57.4. The van der Waals surface area contributed by atoms with E-state index < -0.39 is 18.2 Å². The van der Waals surface area contributed by atoms with E-state index in [2.05, 4.69) is 43.5 Å². The van der Waals surface area contributed by atoms with Crippen molar-refractivity contribution < 1.29 is 20.1 Å². The van der Waals surface area contributed by atoms with Crippen molar-refractivity contribution in [1.82, 2.24) is 5.32 Å². The van der Waals surface area contributed by atoms with Gasteiger partial charge in [0.15, 0.2) is 0 Å². The molecule has 0 aromatic rings. The third-order valence-corrected chi connectivity index (χ3v) is 14.5. The molecule has 0 heterocycles. The van der Waals surface area contributed by atoms with Gasteiger partial charge in [0.05, 0.1) is 18.8 Å². The summed E-state index contributed by atoms with van der Waals surface area (Å²) in [4.78, 5) is 12.5. The van der Waals surface area contributed by atoms with Crippen molar-refractivity contribution >= 4 is 5.91 Å². The van der Waals surface area contributed by atoms with Crippen LogP contribution < -0.4 is 5.32 Å². The maximum Gasteiger partial charge on any atom is 0.220 e. The zero-order chi connectivity index (χ0) is 48.6. The topological polar surface area (TPSA) is 89.8 Å². The Balaban J connectivity index is 3.50. The molecule has 0 rings (SSSR count). The fourth-order valence-electron chi connectivity index (χ4n) is 9.83. The molecule has 0 aliphatic carbocycles. The first-order valence-corrected chi connectivity index (χ1v) is 30.6. The second-order valence-electron chi connectivity index (χ2n) is 21.3. The third kappa shape index (κ3) is 52.5. The van der Waals surface area contributed by atoms with Gasteiger partial charge in [0.2, 0.25) is 5.91 Å². The number of aliphatic hydroxyl groups is 3. The summed E-state index contributed by atoms with van der Waals surface area (Å²) in [5.74, 6) is -0.151. The maximum absolute atomic E-state index is 12.5. The molecule has 0 aliphatic heterocycles. The van der Waals surface area contributed by atoms with Crippen molar-refractivity contribution in [3.63, 3.8) is 0 Å². The largest absolute Gasteiger partial charge is 0.394 e. The Bertz CT molecular complexity index is 998. The molecule has 0 saturated carbocycles. The molecule has 0 radical (unpaired) electrons. The molecule has 0 saturated heterocycles. The van der Waals surface area contributed by atoms with Gasteiger partial charge in [0.1, 0.15) is 6.10 Å². The zero-order valence-electron chi connectivity index (χ0n) is 45.6. The first-order chi connectivity index (χ1) is 33.1. The first kappa shape index (κ1) is 65.8. The monoisotopic (exact) mass is 944 g/mol. The van der Waals surface area contributed by atoms with Gasteiger partial charge in [-0.25, -0.2) is 0 Å². The molecule has 3 atom stereocenters. The normalized spacial score (nSPS) is 13.3. The Hall–Kier alpha value is -1.17. The van der Waals surface area contributed by atoms with E-state index in [4.69, 9.17) is 0 Å². The van der Waals surface area contributed by atoms with Gasteiger partial charge in [-0.1, -0.05) is 308 Å². The number of allylic oxidation sites excluding steroid dienone is 4. The van der Waals surface area contributed by atoms with Crippen LogP contribution in [0.5, 0.6) is 0 Å². The van der Waals surface area contributed by atoms with Crippen LogP contribution in [0.25, 0.3) is 0 Å². The molecule has 0 aromatic carbocycles. The van der Waals surface area contributed by atoms with Crippen molar-refractivity contribution in [1.29, 1.82) is 0 Å². The SMILES string of the molecule is CCCCCCCCCCCCC/C=C/CC/C=C/CCCC(O)C(O)C(CO)NC(=O)CCCCCCCCCCCCCCCCCCCCCCCCCCCCCCCCCCC. The van der Waals surface area contributed by atoms with Crippen LogP contribution in [0.2, 0.25) is 0 Å². The zero-order valence-corrected chi connectivity index (χ0v) is 45.6. The summed E-state index contributed by atoms with van der Waals surface area (Å²) < 4.78 is 0. The van der Waals surface area contributed by atoms with E-state index in [1.54, 1.807) is 0 Å². The fraction of sp³-hybridized carbons (Fsp3) is 0.919. The predicted octanol–water partition coefficient (Wildman–Crippen LogP) is 19.2. The number of hydrogen-bond acceptors (Lipinski definition) is 4. The molecular formula is C62H121NO4. The minimum atomic E-state index is -1.17. The van der Waals surface area contributed by atoms with Crippen LogP contribution in [0, 0.1) is 0 Å². The maximum atomic E-state index is 12.5. The van der Waals surface area contributed by atoms with Gasteiger partial charge in [0.25, 0.3) is 0 Å². The molecular weight excluding hydrogens is 823 g/mol. The van der Waals surface area contributed by atoms with E-state index in [0.717, 1.165) is 44.9 Å². The van der Waals surface area contributed by atoms with Crippen LogP contribution in [0.1, 0.15) is 341 Å². The van der Waals surface area contributed by atoms with Gasteiger partial charge < -0.3 is 20.6 Å². The number of aliphatic hydroxyl groups excluding tert-OH is 3. The van der Waals surface area contributed by atoms with Crippen LogP contribution in [-0.2, 0) is 4.79 Å². The Morgan fingerprint density at radius 2 is 0.612 bits per heavy atom. The molecule has 5 nitrogen and oxygen atoms in total. The summed E-state index contributed by atoms with van der Waals surface area (Å²) in [5, 5.41) is 33.8. The van der Waals surface area contributed by atoms with Crippen molar-refractivity contribution in [3.05, 3.63) is 24.3 Å². The summed E-state index contributed by atoms with van der Waals surface area (Å²) in [6, 6.07) is -0.830. The lowest BCUT2D eigenvalue weighted by molar-refractivity contribution is -0.124. The smallest absolute Gasteiger partial charge is 0.220 e. The molecule has 1 amide bonds. The molecule has 0 spiro atoms. The molecule has 5 heteroatoms. The van der Waals surface area contributed by atoms with Crippen molar-refractivity contribution in [2.45, 2.75) is 360 Å². The van der Waals surface area contributed by atoms with Crippen molar-refractivity contribution in [3.8, 4) is 0 Å². The Morgan fingerprint density at radius 1 is 0.358 bits per heavy atom. The lowest BCUT2D eigenvalue weighted by atomic mass is 10.0. The van der Waals surface area contributed by atoms with Crippen molar-refractivity contribution in [2.75, 3.05) is 6.61 Å². The van der Waals surface area contributed by atoms with Crippen LogP contribution >= 0.6 is 0 Å². The first-order valence-electron chi connectivity index (χ1n) is 30.6. The highest BCUT2D eigenvalue weighted by molar-refractivity contribution is 5.76. The molecule has 398 valence electrons. The molecule has 0 aromatic heterocycles. The predicted molar refractivity (Wildman–Crippen MR) is 296 cm³/mol. The molecule has 4 N–H and O–H groups in total. The number of unbranched alkanes of at least 4 members (excludes halogenated alkanes) is 45. The Morgan fingerprint density at radius 3 is 0.910 bits per heavy atom. The minimum Gasteiger partial charge on any atom is -0.394 e. The quantitative estimate of drug-likeness (QED) is 0.0361. The highest BCUT2D eigenvalue weighted by atomic mass is 16.3. The number of carbonyl (C=O) groups is 1. The number of carbonyl (C=O) groups excluding carboxylic acids is 1. The summed E-state index contributed by atoms with van der Waals surface area (Å²) >= 11 is 0. The number of rotatable bonds is 57. The molecule has 0 fully saturated rings. The molecule has 0 aliphatic rings.